The van der Waals surface area contributed by atoms with Gasteiger partial charge in [0.15, 0.2) is 5.82 Å². The van der Waals surface area contributed by atoms with Crippen molar-refractivity contribution >= 4 is 5.97 Å². The molecule has 1 aromatic heterocycles. The third kappa shape index (κ3) is 3.06. The fourth-order valence-electron chi connectivity index (χ4n) is 1.83. The molecule has 1 atom stereocenters. The molecule has 0 radical (unpaired) electrons. The summed E-state index contributed by atoms with van der Waals surface area (Å²) in [4.78, 5) is 12.3. The molecule has 0 aliphatic carbocycles. The van der Waals surface area contributed by atoms with Crippen molar-refractivity contribution in [3.05, 3.63) is 35.7 Å². The largest absolute Gasteiger partial charge is 0.497 e. The van der Waals surface area contributed by atoms with Crippen LogP contribution in [0.5, 0.6) is 5.75 Å². The average molecular weight is 262 g/mol. The number of carboxylic acid groups (broad SMARTS) is 1. The van der Waals surface area contributed by atoms with Crippen LogP contribution in [0.1, 0.15) is 23.7 Å². The van der Waals surface area contributed by atoms with Gasteiger partial charge in [0.05, 0.1) is 26.5 Å². The van der Waals surface area contributed by atoms with Crippen molar-refractivity contribution in [1.29, 1.82) is 0 Å². The maximum atomic E-state index is 11.0. The number of nitrogens with zero attached hydrogens (tertiary/aromatic N) is 4. The van der Waals surface area contributed by atoms with Crippen molar-refractivity contribution in [2.24, 2.45) is 7.05 Å². The van der Waals surface area contributed by atoms with E-state index in [4.69, 9.17) is 9.84 Å². The number of hydrogen-bond donors (Lipinski definition) is 1. The van der Waals surface area contributed by atoms with Gasteiger partial charge in [-0.25, -0.2) is 0 Å². The number of carboxylic acids is 1. The Labute approximate surface area is 109 Å². The van der Waals surface area contributed by atoms with E-state index in [1.54, 1.807) is 32.4 Å². The Morgan fingerprint density at radius 1 is 1.53 bits per heavy atom. The molecule has 7 heteroatoms. The molecule has 1 heterocycles. The van der Waals surface area contributed by atoms with Crippen LogP contribution in [0.3, 0.4) is 0 Å². The molecule has 1 N–H and O–H groups in total. The van der Waals surface area contributed by atoms with Crippen LogP contribution in [0.25, 0.3) is 0 Å². The topological polar surface area (TPSA) is 90.1 Å². The lowest BCUT2D eigenvalue weighted by atomic mass is 9.95. The van der Waals surface area contributed by atoms with Gasteiger partial charge in [-0.1, -0.05) is 12.1 Å². The monoisotopic (exact) mass is 262 g/mol. The molecule has 0 bridgehead atoms. The lowest BCUT2D eigenvalue weighted by Crippen LogP contribution is -2.10. The zero-order chi connectivity index (χ0) is 13.8. The minimum Gasteiger partial charge on any atom is -0.497 e. The van der Waals surface area contributed by atoms with Gasteiger partial charge in [-0.15, -0.1) is 10.2 Å². The fraction of sp³-hybridized carbons (Fsp3) is 0.333. The third-order valence-corrected chi connectivity index (χ3v) is 2.71. The average Bonchev–Trinajstić information content (AvgIpc) is 2.82. The summed E-state index contributed by atoms with van der Waals surface area (Å²) in [6, 6.07) is 7.21. The van der Waals surface area contributed by atoms with Crippen LogP contribution in [0, 0.1) is 0 Å². The molecular formula is C12H14N4O3. The Balaban J connectivity index is 2.39. The molecule has 2 aromatic rings. The number of aliphatic carboxylic acids is 1. The van der Waals surface area contributed by atoms with E-state index in [-0.39, 0.29) is 6.42 Å². The molecule has 1 aromatic carbocycles. The Kier molecular flexibility index (Phi) is 3.74. The summed E-state index contributed by atoms with van der Waals surface area (Å²) in [5.41, 5.74) is 0.787. The first-order valence-corrected chi connectivity index (χ1v) is 5.70. The molecule has 0 fully saturated rings. The van der Waals surface area contributed by atoms with E-state index >= 15 is 0 Å². The highest BCUT2D eigenvalue weighted by atomic mass is 16.5. The van der Waals surface area contributed by atoms with Gasteiger partial charge in [0, 0.05) is 0 Å². The van der Waals surface area contributed by atoms with Crippen LogP contribution in [0.2, 0.25) is 0 Å². The Bertz CT molecular complexity index is 582. The van der Waals surface area contributed by atoms with Crippen LogP contribution in [-0.4, -0.2) is 38.4 Å². The van der Waals surface area contributed by atoms with Gasteiger partial charge in [0.25, 0.3) is 0 Å². The zero-order valence-electron chi connectivity index (χ0n) is 10.6. The highest BCUT2D eigenvalue weighted by molar-refractivity contribution is 5.68. The molecule has 1 unspecified atom stereocenters. The van der Waals surface area contributed by atoms with E-state index in [1.807, 2.05) is 6.07 Å². The number of benzene rings is 1. The normalized spacial score (nSPS) is 12.1. The number of rotatable bonds is 5. The van der Waals surface area contributed by atoms with Crippen LogP contribution >= 0.6 is 0 Å². The highest BCUT2D eigenvalue weighted by Crippen LogP contribution is 2.27. The molecule has 19 heavy (non-hydrogen) atoms. The van der Waals surface area contributed by atoms with Crippen LogP contribution < -0.4 is 4.74 Å². The Morgan fingerprint density at radius 2 is 2.32 bits per heavy atom. The van der Waals surface area contributed by atoms with Crippen molar-refractivity contribution < 1.29 is 14.6 Å². The Hall–Kier alpha value is -2.44. The summed E-state index contributed by atoms with van der Waals surface area (Å²) in [7, 11) is 3.20. The van der Waals surface area contributed by atoms with Gasteiger partial charge in [-0.3, -0.25) is 4.79 Å². The van der Waals surface area contributed by atoms with Crippen molar-refractivity contribution in [3.63, 3.8) is 0 Å². The van der Waals surface area contributed by atoms with E-state index in [0.717, 1.165) is 5.56 Å². The maximum Gasteiger partial charge on any atom is 0.304 e. The summed E-state index contributed by atoms with van der Waals surface area (Å²) in [5, 5.41) is 20.8. The third-order valence-electron chi connectivity index (χ3n) is 2.71. The molecule has 100 valence electrons. The number of ether oxygens (including phenoxy) is 1. The van der Waals surface area contributed by atoms with E-state index < -0.39 is 11.9 Å². The SMILES string of the molecule is COc1cccc(C(CC(=O)O)c2nnn(C)n2)c1. The van der Waals surface area contributed by atoms with Crippen LogP contribution in [0.4, 0.5) is 0 Å². The van der Waals surface area contributed by atoms with Gasteiger partial charge < -0.3 is 9.84 Å². The molecule has 0 saturated heterocycles. The standard InChI is InChI=1S/C12H14N4O3/c1-16-14-12(13-15-16)10(7-11(17)18)8-4-3-5-9(6-8)19-2/h3-6,10H,7H2,1-2H3,(H,17,18). The van der Waals surface area contributed by atoms with Gasteiger partial charge >= 0.3 is 5.97 Å². The summed E-state index contributed by atoms with van der Waals surface area (Å²) < 4.78 is 5.14. The summed E-state index contributed by atoms with van der Waals surface area (Å²) in [6.07, 6.45) is -0.0984. The molecule has 0 amide bonds. The van der Waals surface area contributed by atoms with Gasteiger partial charge in [0.1, 0.15) is 5.75 Å². The fourth-order valence-corrected chi connectivity index (χ4v) is 1.83. The van der Waals surface area contributed by atoms with Gasteiger partial charge in [0.2, 0.25) is 0 Å². The number of methoxy groups -OCH3 is 1. The predicted molar refractivity (Wildman–Crippen MR) is 65.9 cm³/mol. The predicted octanol–water partition coefficient (Wildman–Crippen LogP) is 0.825. The number of aromatic nitrogens is 4. The van der Waals surface area contributed by atoms with E-state index in [1.165, 1.54) is 4.80 Å². The number of carbonyl (C=O) groups is 1. The number of aryl methyl sites for hydroxylation is 1. The second-order valence-corrected chi connectivity index (χ2v) is 4.06. The molecular weight excluding hydrogens is 248 g/mol. The van der Waals surface area contributed by atoms with E-state index in [0.29, 0.717) is 11.6 Å². The molecule has 0 spiro atoms. The first kappa shape index (κ1) is 13.0. The van der Waals surface area contributed by atoms with Crippen molar-refractivity contribution in [3.8, 4) is 5.75 Å². The van der Waals surface area contributed by atoms with Crippen LogP contribution in [-0.2, 0) is 11.8 Å². The Morgan fingerprint density at radius 3 is 2.89 bits per heavy atom. The van der Waals surface area contributed by atoms with Gasteiger partial charge in [-0.2, -0.15) is 4.80 Å². The minimum atomic E-state index is -0.916. The zero-order valence-corrected chi connectivity index (χ0v) is 10.6. The number of hydrogen-bond acceptors (Lipinski definition) is 5. The van der Waals surface area contributed by atoms with Crippen LogP contribution in [0.15, 0.2) is 24.3 Å². The molecule has 2 rings (SSSR count). The molecule has 0 aliphatic heterocycles. The smallest absolute Gasteiger partial charge is 0.304 e. The van der Waals surface area contributed by atoms with Crippen molar-refractivity contribution in [2.45, 2.75) is 12.3 Å². The summed E-state index contributed by atoms with van der Waals surface area (Å²) in [6.45, 7) is 0. The maximum absolute atomic E-state index is 11.0. The highest BCUT2D eigenvalue weighted by Gasteiger charge is 2.22. The second kappa shape index (κ2) is 5.47. The minimum absolute atomic E-state index is 0.0984. The molecule has 0 saturated carbocycles. The van der Waals surface area contributed by atoms with E-state index in [2.05, 4.69) is 15.4 Å². The van der Waals surface area contributed by atoms with Crippen molar-refractivity contribution in [1.82, 2.24) is 20.2 Å². The number of tetrazole rings is 1. The van der Waals surface area contributed by atoms with E-state index in [9.17, 15) is 4.79 Å². The quantitative estimate of drug-likeness (QED) is 0.858. The molecule has 7 nitrogen and oxygen atoms in total. The summed E-state index contributed by atoms with van der Waals surface area (Å²) in [5.74, 6) is -0.309. The summed E-state index contributed by atoms with van der Waals surface area (Å²) >= 11 is 0. The molecule has 0 aliphatic rings. The lowest BCUT2D eigenvalue weighted by molar-refractivity contribution is -0.137. The first-order chi connectivity index (χ1) is 9.10. The van der Waals surface area contributed by atoms with Crippen molar-refractivity contribution in [2.75, 3.05) is 7.11 Å². The lowest BCUT2D eigenvalue weighted by Gasteiger charge is -2.12. The first-order valence-electron chi connectivity index (χ1n) is 5.70. The van der Waals surface area contributed by atoms with Gasteiger partial charge in [-0.05, 0) is 22.9 Å². The second-order valence-electron chi connectivity index (χ2n) is 4.06.